The van der Waals surface area contributed by atoms with Gasteiger partial charge in [0.15, 0.2) is 0 Å². The highest BCUT2D eigenvalue weighted by atomic mass is 16.1. The van der Waals surface area contributed by atoms with Gasteiger partial charge >= 0.3 is 0 Å². The van der Waals surface area contributed by atoms with E-state index in [2.05, 4.69) is 16.3 Å². The van der Waals surface area contributed by atoms with E-state index in [4.69, 9.17) is 6.42 Å². The van der Waals surface area contributed by atoms with Crippen molar-refractivity contribution in [3.63, 3.8) is 0 Å². The minimum atomic E-state index is -0.159. The van der Waals surface area contributed by atoms with Gasteiger partial charge in [-0.1, -0.05) is 5.92 Å². The van der Waals surface area contributed by atoms with Gasteiger partial charge in [-0.3, -0.25) is 4.79 Å². The molecule has 4 heteroatoms. The van der Waals surface area contributed by atoms with Crippen molar-refractivity contribution in [1.82, 2.24) is 9.78 Å². The number of terminal acetylenes is 1. The molecule has 0 spiro atoms. The number of nitrogens with one attached hydrogen (secondary N) is 1. The first-order chi connectivity index (χ1) is 7.29. The Kier molecular flexibility index (Phi) is 2.72. The van der Waals surface area contributed by atoms with Crippen LogP contribution in [0.2, 0.25) is 0 Å². The molecule has 15 heavy (non-hydrogen) atoms. The largest absolute Gasteiger partial charge is 0.383 e. The molecule has 2 rings (SSSR count). The van der Waals surface area contributed by atoms with Gasteiger partial charge in [0, 0.05) is 12.6 Å². The van der Waals surface area contributed by atoms with Crippen LogP contribution in [-0.2, 0) is 6.54 Å². The van der Waals surface area contributed by atoms with E-state index in [1.807, 2.05) is 0 Å². The summed E-state index contributed by atoms with van der Waals surface area (Å²) < 4.78 is 1.27. The lowest BCUT2D eigenvalue weighted by molar-refractivity contribution is 0.663. The molecule has 1 heterocycles. The maximum absolute atomic E-state index is 11.5. The molecule has 0 atom stereocenters. The summed E-state index contributed by atoms with van der Waals surface area (Å²) in [6.07, 6.45) is 9.32. The zero-order valence-electron chi connectivity index (χ0n) is 8.44. The van der Waals surface area contributed by atoms with Crippen LogP contribution in [0.25, 0.3) is 0 Å². The maximum Gasteiger partial charge on any atom is 0.269 e. The second-order valence-corrected chi connectivity index (χ2v) is 3.77. The van der Waals surface area contributed by atoms with Crippen molar-refractivity contribution < 1.29 is 0 Å². The van der Waals surface area contributed by atoms with Gasteiger partial charge < -0.3 is 5.32 Å². The van der Waals surface area contributed by atoms with Crippen LogP contribution in [0, 0.1) is 18.3 Å². The molecular formula is C11H13N3O. The minimum Gasteiger partial charge on any atom is -0.383 e. The molecule has 1 aliphatic carbocycles. The molecule has 1 aromatic heterocycles. The first-order valence-electron chi connectivity index (χ1n) is 5.04. The normalized spacial score (nSPS) is 14.6. The van der Waals surface area contributed by atoms with E-state index < -0.39 is 0 Å². The molecule has 78 valence electrons. The second-order valence-electron chi connectivity index (χ2n) is 3.77. The third-order valence-corrected chi connectivity index (χ3v) is 2.40. The number of hydrogen-bond acceptors (Lipinski definition) is 3. The molecule has 0 bridgehead atoms. The average Bonchev–Trinajstić information content (AvgIpc) is 3.03. The van der Waals surface area contributed by atoms with Crippen molar-refractivity contribution in [1.29, 1.82) is 0 Å². The van der Waals surface area contributed by atoms with Crippen LogP contribution in [-0.4, -0.2) is 16.3 Å². The number of nitrogens with zero attached hydrogens (tertiary/aromatic N) is 2. The molecule has 1 fully saturated rings. The Morgan fingerprint density at radius 1 is 1.67 bits per heavy atom. The van der Waals surface area contributed by atoms with Gasteiger partial charge in [-0.2, -0.15) is 5.10 Å². The summed E-state index contributed by atoms with van der Waals surface area (Å²) in [6, 6.07) is 1.53. The summed E-state index contributed by atoms with van der Waals surface area (Å²) >= 11 is 0. The van der Waals surface area contributed by atoms with Crippen molar-refractivity contribution >= 4 is 5.69 Å². The molecular weight excluding hydrogens is 190 g/mol. The zero-order chi connectivity index (χ0) is 10.7. The Labute approximate surface area is 88.3 Å². The van der Waals surface area contributed by atoms with Gasteiger partial charge in [0.1, 0.15) is 6.54 Å². The molecule has 0 radical (unpaired) electrons. The lowest BCUT2D eigenvalue weighted by Gasteiger charge is -2.05. The van der Waals surface area contributed by atoms with Gasteiger partial charge in [-0.25, -0.2) is 4.68 Å². The minimum absolute atomic E-state index is 0.159. The molecule has 0 unspecified atom stereocenters. The van der Waals surface area contributed by atoms with Crippen LogP contribution in [0.15, 0.2) is 17.1 Å². The number of anilines is 1. The molecule has 0 aromatic carbocycles. The molecule has 1 N–H and O–H groups in total. The van der Waals surface area contributed by atoms with Crippen molar-refractivity contribution in [2.75, 3.05) is 11.9 Å². The quantitative estimate of drug-likeness (QED) is 0.733. The first kappa shape index (κ1) is 9.78. The lowest BCUT2D eigenvalue weighted by atomic mass is 10.4. The van der Waals surface area contributed by atoms with Crippen molar-refractivity contribution in [2.45, 2.75) is 19.4 Å². The van der Waals surface area contributed by atoms with Gasteiger partial charge in [0.05, 0.1) is 11.9 Å². The van der Waals surface area contributed by atoms with Gasteiger partial charge in [0.25, 0.3) is 5.56 Å². The summed E-state index contributed by atoms with van der Waals surface area (Å²) in [5, 5.41) is 7.15. The lowest BCUT2D eigenvalue weighted by Crippen LogP contribution is -2.22. The van der Waals surface area contributed by atoms with E-state index in [-0.39, 0.29) is 12.1 Å². The van der Waals surface area contributed by atoms with Gasteiger partial charge in [0.2, 0.25) is 0 Å². The van der Waals surface area contributed by atoms with Crippen LogP contribution in [0.5, 0.6) is 0 Å². The molecule has 0 amide bonds. The predicted molar refractivity (Wildman–Crippen MR) is 58.5 cm³/mol. The van der Waals surface area contributed by atoms with E-state index in [1.54, 1.807) is 6.20 Å². The van der Waals surface area contributed by atoms with E-state index in [1.165, 1.54) is 23.6 Å². The number of aromatic nitrogens is 2. The van der Waals surface area contributed by atoms with E-state index in [0.29, 0.717) is 0 Å². The van der Waals surface area contributed by atoms with E-state index in [0.717, 1.165) is 18.2 Å². The fourth-order valence-corrected chi connectivity index (χ4v) is 1.32. The van der Waals surface area contributed by atoms with Crippen molar-refractivity contribution in [3.8, 4) is 12.3 Å². The smallest absolute Gasteiger partial charge is 0.269 e. The molecule has 0 aliphatic heterocycles. The standard InChI is InChI=1S/C11H13N3O/c1-2-5-14-11(15)6-10(8-13-14)12-7-9-3-4-9/h1,6,8-9,12H,3-5,7H2. The monoisotopic (exact) mass is 203 g/mol. The predicted octanol–water partition coefficient (Wildman–Crippen LogP) is 0.698. The van der Waals surface area contributed by atoms with Gasteiger partial charge in [-0.05, 0) is 18.8 Å². The third kappa shape index (κ3) is 2.59. The highest BCUT2D eigenvalue weighted by Gasteiger charge is 2.20. The summed E-state index contributed by atoms with van der Waals surface area (Å²) in [4.78, 5) is 11.5. The number of hydrogen-bond donors (Lipinski definition) is 1. The highest BCUT2D eigenvalue weighted by Crippen LogP contribution is 2.28. The fourth-order valence-electron chi connectivity index (χ4n) is 1.32. The highest BCUT2D eigenvalue weighted by molar-refractivity contribution is 5.39. The Morgan fingerprint density at radius 3 is 3.07 bits per heavy atom. The van der Waals surface area contributed by atoms with Crippen LogP contribution in [0.1, 0.15) is 12.8 Å². The first-order valence-corrected chi connectivity index (χ1v) is 5.04. The maximum atomic E-state index is 11.5. The Bertz CT molecular complexity index is 440. The summed E-state index contributed by atoms with van der Waals surface area (Å²) in [6.45, 7) is 1.15. The summed E-state index contributed by atoms with van der Waals surface area (Å²) in [5.41, 5.74) is 0.619. The number of rotatable bonds is 4. The van der Waals surface area contributed by atoms with Crippen molar-refractivity contribution in [3.05, 3.63) is 22.6 Å². The van der Waals surface area contributed by atoms with Crippen LogP contribution in [0.3, 0.4) is 0 Å². The Balaban J connectivity index is 2.03. The molecule has 1 saturated carbocycles. The summed E-state index contributed by atoms with van der Waals surface area (Å²) in [7, 11) is 0. The average molecular weight is 203 g/mol. The summed E-state index contributed by atoms with van der Waals surface area (Å²) in [5.74, 6) is 3.16. The van der Waals surface area contributed by atoms with Crippen LogP contribution >= 0.6 is 0 Å². The van der Waals surface area contributed by atoms with Gasteiger partial charge in [-0.15, -0.1) is 6.42 Å². The second kappa shape index (κ2) is 4.18. The van der Waals surface area contributed by atoms with Crippen LogP contribution < -0.4 is 10.9 Å². The molecule has 1 aliphatic rings. The molecule has 0 saturated heterocycles. The fraction of sp³-hybridized carbons (Fsp3) is 0.455. The third-order valence-electron chi connectivity index (χ3n) is 2.40. The molecule has 1 aromatic rings. The molecule has 4 nitrogen and oxygen atoms in total. The zero-order valence-corrected chi connectivity index (χ0v) is 8.44. The SMILES string of the molecule is C#CCn1ncc(NCC2CC2)cc1=O. The topological polar surface area (TPSA) is 46.9 Å². The van der Waals surface area contributed by atoms with E-state index in [9.17, 15) is 4.79 Å². The van der Waals surface area contributed by atoms with Crippen molar-refractivity contribution in [2.24, 2.45) is 5.92 Å². The Hall–Kier alpha value is -1.76. The van der Waals surface area contributed by atoms with E-state index >= 15 is 0 Å². The van der Waals surface area contributed by atoms with Crippen LogP contribution in [0.4, 0.5) is 5.69 Å². The Morgan fingerprint density at radius 2 is 2.47 bits per heavy atom.